The zero-order valence-electron chi connectivity index (χ0n) is 15.3. The summed E-state index contributed by atoms with van der Waals surface area (Å²) in [5.41, 5.74) is 13.1. The van der Waals surface area contributed by atoms with Gasteiger partial charge < -0.3 is 11.1 Å². The Balaban J connectivity index is 1.88. The van der Waals surface area contributed by atoms with Crippen molar-refractivity contribution >= 4 is 39.7 Å². The Morgan fingerprint density at radius 3 is 2.42 bits per heavy atom. The lowest BCUT2D eigenvalue weighted by Gasteiger charge is -2.12. The average Bonchev–Trinajstić information content (AvgIpc) is 2.94. The summed E-state index contributed by atoms with van der Waals surface area (Å²) in [6.45, 7) is 7.63. The third kappa shape index (κ3) is 5.66. The molecule has 138 valence electrons. The van der Waals surface area contributed by atoms with Crippen molar-refractivity contribution in [3.63, 3.8) is 0 Å². The van der Waals surface area contributed by atoms with Gasteiger partial charge in [-0.1, -0.05) is 17.7 Å². The molecule has 0 aliphatic rings. The van der Waals surface area contributed by atoms with E-state index < -0.39 is 0 Å². The Hall–Kier alpha value is -2.74. The average molecular weight is 373 g/mol. The number of aryl methyl sites for hydroxylation is 3. The van der Waals surface area contributed by atoms with Crippen LogP contribution in [0.2, 0.25) is 0 Å². The predicted octanol–water partition coefficient (Wildman–Crippen LogP) is 2.71. The number of hydrogen-bond acceptors (Lipinski definition) is 6. The lowest BCUT2D eigenvalue weighted by molar-refractivity contribution is -0.120. The lowest BCUT2D eigenvalue weighted by atomic mass is 10.0. The molecule has 26 heavy (non-hydrogen) atoms. The second-order valence-corrected chi connectivity index (χ2v) is 7.12. The van der Waals surface area contributed by atoms with Crippen molar-refractivity contribution in [1.29, 1.82) is 0 Å². The largest absolute Gasteiger partial charge is 0.375 e. The molecular weight excluding hydrogens is 350 g/mol. The Morgan fingerprint density at radius 1 is 1.19 bits per heavy atom. The maximum absolute atomic E-state index is 12.2. The highest BCUT2D eigenvalue weighted by molar-refractivity contribution is 7.13. The molecule has 2 rings (SSSR count). The molecule has 0 spiro atoms. The van der Waals surface area contributed by atoms with Crippen LogP contribution >= 0.6 is 11.3 Å². The second-order valence-electron chi connectivity index (χ2n) is 6.23. The highest BCUT2D eigenvalue weighted by atomic mass is 32.1. The van der Waals surface area contributed by atoms with Crippen LogP contribution in [-0.2, 0) is 16.0 Å². The SMILES string of the molecule is C/C(CC(=O)Nc1c(C)cc(C)cc1C)=N/NC(=O)Cc1csc(N)n1. The van der Waals surface area contributed by atoms with Crippen LogP contribution in [0.5, 0.6) is 0 Å². The monoisotopic (exact) mass is 373 g/mol. The van der Waals surface area contributed by atoms with Crippen molar-refractivity contribution in [3.8, 4) is 0 Å². The van der Waals surface area contributed by atoms with Crippen molar-refractivity contribution < 1.29 is 9.59 Å². The molecule has 2 amide bonds. The molecule has 1 aromatic carbocycles. The molecule has 1 aromatic heterocycles. The molecule has 0 radical (unpaired) electrons. The van der Waals surface area contributed by atoms with Gasteiger partial charge in [-0.2, -0.15) is 5.10 Å². The van der Waals surface area contributed by atoms with Crippen LogP contribution in [0.3, 0.4) is 0 Å². The number of carbonyl (C=O) groups is 2. The van der Waals surface area contributed by atoms with Crippen LogP contribution in [0, 0.1) is 20.8 Å². The molecule has 0 bridgehead atoms. The molecule has 2 aromatic rings. The van der Waals surface area contributed by atoms with Gasteiger partial charge in [-0.25, -0.2) is 10.4 Å². The van der Waals surface area contributed by atoms with Gasteiger partial charge in [0.25, 0.3) is 0 Å². The Bertz CT molecular complexity index is 834. The van der Waals surface area contributed by atoms with E-state index in [0.29, 0.717) is 16.5 Å². The van der Waals surface area contributed by atoms with Crippen LogP contribution in [0.1, 0.15) is 35.7 Å². The van der Waals surface area contributed by atoms with Gasteiger partial charge in [-0.3, -0.25) is 9.59 Å². The molecule has 4 N–H and O–H groups in total. The highest BCUT2D eigenvalue weighted by Gasteiger charge is 2.10. The van der Waals surface area contributed by atoms with Gasteiger partial charge in [-0.15, -0.1) is 11.3 Å². The zero-order chi connectivity index (χ0) is 19.3. The first-order valence-corrected chi connectivity index (χ1v) is 9.02. The Morgan fingerprint density at radius 2 is 1.85 bits per heavy atom. The smallest absolute Gasteiger partial charge is 0.246 e. The fraction of sp³-hybridized carbons (Fsp3) is 0.333. The van der Waals surface area contributed by atoms with Crippen molar-refractivity contribution in [2.75, 3.05) is 11.1 Å². The third-order valence-electron chi connectivity index (χ3n) is 3.64. The number of nitrogen functional groups attached to an aromatic ring is 1. The lowest BCUT2D eigenvalue weighted by Crippen LogP contribution is -2.23. The zero-order valence-corrected chi connectivity index (χ0v) is 16.2. The summed E-state index contributed by atoms with van der Waals surface area (Å²) in [7, 11) is 0. The first kappa shape index (κ1) is 19.6. The minimum absolute atomic E-state index is 0.0939. The van der Waals surface area contributed by atoms with E-state index in [0.717, 1.165) is 22.4 Å². The molecule has 8 heteroatoms. The number of nitrogens with one attached hydrogen (secondary N) is 2. The van der Waals surface area contributed by atoms with Gasteiger partial charge in [0, 0.05) is 16.8 Å². The van der Waals surface area contributed by atoms with E-state index in [4.69, 9.17) is 5.73 Å². The van der Waals surface area contributed by atoms with Crippen LogP contribution in [0.4, 0.5) is 10.8 Å². The quantitative estimate of drug-likeness (QED) is 0.534. The number of hydrazone groups is 1. The highest BCUT2D eigenvalue weighted by Crippen LogP contribution is 2.22. The number of carbonyl (C=O) groups excluding carboxylic acids is 2. The van der Waals surface area contributed by atoms with E-state index in [9.17, 15) is 9.59 Å². The van der Waals surface area contributed by atoms with Crippen LogP contribution < -0.4 is 16.5 Å². The van der Waals surface area contributed by atoms with Crippen LogP contribution in [-0.4, -0.2) is 22.5 Å². The number of rotatable bonds is 6. The van der Waals surface area contributed by atoms with E-state index in [1.54, 1.807) is 12.3 Å². The number of benzene rings is 1. The van der Waals surface area contributed by atoms with E-state index >= 15 is 0 Å². The maximum atomic E-state index is 12.2. The number of nitrogens with zero attached hydrogens (tertiary/aromatic N) is 2. The molecule has 0 fully saturated rings. The fourth-order valence-electron chi connectivity index (χ4n) is 2.60. The topological polar surface area (TPSA) is 109 Å². The number of thiazole rings is 1. The predicted molar refractivity (Wildman–Crippen MR) is 105 cm³/mol. The molecule has 0 saturated heterocycles. The van der Waals surface area contributed by atoms with Crippen LogP contribution in [0.25, 0.3) is 0 Å². The summed E-state index contributed by atoms with van der Waals surface area (Å²) in [5.74, 6) is -0.483. The van der Waals surface area contributed by atoms with Gasteiger partial charge in [0.15, 0.2) is 5.13 Å². The van der Waals surface area contributed by atoms with Crippen molar-refractivity contribution in [2.45, 2.75) is 40.5 Å². The van der Waals surface area contributed by atoms with E-state index in [1.165, 1.54) is 11.3 Å². The molecular formula is C18H23N5O2S. The summed E-state index contributed by atoms with van der Waals surface area (Å²) in [6.07, 6.45) is 0.190. The molecule has 0 atom stereocenters. The molecule has 0 aliphatic heterocycles. The minimum Gasteiger partial charge on any atom is -0.375 e. The van der Waals surface area contributed by atoms with Crippen molar-refractivity contribution in [3.05, 3.63) is 39.9 Å². The summed E-state index contributed by atoms with van der Waals surface area (Å²) in [4.78, 5) is 28.1. The van der Waals surface area contributed by atoms with Gasteiger partial charge in [0.05, 0.1) is 18.5 Å². The van der Waals surface area contributed by atoms with E-state index in [2.05, 4.69) is 20.8 Å². The first-order valence-electron chi connectivity index (χ1n) is 8.14. The fourth-order valence-corrected chi connectivity index (χ4v) is 3.16. The van der Waals surface area contributed by atoms with E-state index in [-0.39, 0.29) is 24.7 Å². The van der Waals surface area contributed by atoms with Crippen molar-refractivity contribution in [1.82, 2.24) is 10.4 Å². The van der Waals surface area contributed by atoms with Crippen molar-refractivity contribution in [2.24, 2.45) is 5.10 Å². The minimum atomic E-state index is -0.305. The van der Waals surface area contributed by atoms with Gasteiger partial charge in [0.1, 0.15) is 0 Å². The molecule has 7 nitrogen and oxygen atoms in total. The Labute approximate surface area is 156 Å². The third-order valence-corrected chi connectivity index (χ3v) is 4.36. The molecule has 0 saturated carbocycles. The van der Waals surface area contributed by atoms with Gasteiger partial charge >= 0.3 is 0 Å². The van der Waals surface area contributed by atoms with Gasteiger partial charge in [-0.05, 0) is 38.8 Å². The van der Waals surface area contributed by atoms with E-state index in [1.807, 2.05) is 32.9 Å². The number of anilines is 2. The second kappa shape index (κ2) is 8.57. The summed E-state index contributed by atoms with van der Waals surface area (Å²) < 4.78 is 0. The number of aromatic nitrogens is 1. The summed E-state index contributed by atoms with van der Waals surface area (Å²) >= 11 is 1.28. The standard InChI is InChI=1S/C18H23N5O2S/c1-10-5-11(2)17(12(3)6-10)21-15(24)7-13(4)22-23-16(25)8-14-9-26-18(19)20-14/h5-6,9H,7-8H2,1-4H3,(H2,19,20)(H,21,24)(H,23,25)/b22-13-. The number of hydrogen-bond donors (Lipinski definition) is 3. The van der Waals surface area contributed by atoms with Gasteiger partial charge in [0.2, 0.25) is 11.8 Å². The summed E-state index contributed by atoms with van der Waals surface area (Å²) in [5, 5.41) is 9.03. The normalized spacial score (nSPS) is 11.3. The molecule has 0 unspecified atom stereocenters. The molecule has 1 heterocycles. The summed E-state index contributed by atoms with van der Waals surface area (Å²) in [6, 6.07) is 4.05. The first-order chi connectivity index (χ1) is 12.2. The number of nitrogens with two attached hydrogens (primary N) is 1. The van der Waals surface area contributed by atoms with Crippen LogP contribution in [0.15, 0.2) is 22.6 Å². The number of amides is 2. The molecule has 0 aliphatic carbocycles. The Kier molecular flexibility index (Phi) is 6.46. The maximum Gasteiger partial charge on any atom is 0.246 e.